The smallest absolute Gasteiger partial charge is 0.242 e. The molecule has 0 aromatic rings. The van der Waals surface area contributed by atoms with Crippen molar-refractivity contribution in [1.29, 1.82) is 0 Å². The van der Waals surface area contributed by atoms with E-state index in [9.17, 15) is 9.59 Å². The molecule has 0 aliphatic rings. The van der Waals surface area contributed by atoms with Crippen molar-refractivity contribution in [3.63, 3.8) is 0 Å². The molecule has 1 unspecified atom stereocenters. The highest BCUT2D eigenvalue weighted by molar-refractivity contribution is 5.88. The minimum Gasteiger partial charge on any atom is -0.354 e. The SMILES string of the molecule is CCC(C)NC(=NCC(=O)NC(C)(C)C)NCC(=O)N(C)C. The first-order chi connectivity index (χ1) is 10.0. The van der Waals surface area contributed by atoms with Gasteiger partial charge in [0, 0.05) is 25.7 Å². The number of carbonyl (C=O) groups is 2. The van der Waals surface area contributed by atoms with Crippen LogP contribution in [0.5, 0.6) is 0 Å². The van der Waals surface area contributed by atoms with Crippen molar-refractivity contribution in [2.24, 2.45) is 4.99 Å². The Bertz CT molecular complexity index is 399. The summed E-state index contributed by atoms with van der Waals surface area (Å²) < 4.78 is 0. The first kappa shape index (κ1) is 20.2. The Morgan fingerprint density at radius 3 is 2.27 bits per heavy atom. The molecule has 0 rings (SSSR count). The van der Waals surface area contributed by atoms with Gasteiger partial charge in [0.25, 0.3) is 0 Å². The van der Waals surface area contributed by atoms with Gasteiger partial charge >= 0.3 is 0 Å². The molecule has 0 fully saturated rings. The maximum absolute atomic E-state index is 11.8. The topological polar surface area (TPSA) is 85.8 Å². The van der Waals surface area contributed by atoms with Crippen molar-refractivity contribution < 1.29 is 9.59 Å². The van der Waals surface area contributed by atoms with Crippen LogP contribution in [0.2, 0.25) is 0 Å². The molecule has 0 spiro atoms. The molecule has 128 valence electrons. The summed E-state index contributed by atoms with van der Waals surface area (Å²) in [5.74, 6) is 0.253. The first-order valence-corrected chi connectivity index (χ1v) is 7.61. The molecule has 0 radical (unpaired) electrons. The summed E-state index contributed by atoms with van der Waals surface area (Å²) in [6, 6.07) is 0.200. The van der Waals surface area contributed by atoms with Gasteiger partial charge in [0.05, 0.1) is 6.54 Å². The first-order valence-electron chi connectivity index (χ1n) is 7.61. The normalized spacial score (nSPS) is 13.3. The molecular weight excluding hydrogens is 282 g/mol. The Hall–Kier alpha value is -1.79. The van der Waals surface area contributed by atoms with Crippen LogP contribution < -0.4 is 16.0 Å². The lowest BCUT2D eigenvalue weighted by atomic mass is 10.1. The van der Waals surface area contributed by atoms with Gasteiger partial charge in [0.2, 0.25) is 11.8 Å². The Morgan fingerprint density at radius 1 is 1.23 bits per heavy atom. The van der Waals surface area contributed by atoms with Gasteiger partial charge in [-0.2, -0.15) is 0 Å². The molecule has 22 heavy (non-hydrogen) atoms. The van der Waals surface area contributed by atoms with Gasteiger partial charge in [-0.3, -0.25) is 9.59 Å². The van der Waals surface area contributed by atoms with Crippen LogP contribution >= 0.6 is 0 Å². The second kappa shape index (κ2) is 9.27. The second-order valence-electron chi connectivity index (χ2n) is 6.56. The van der Waals surface area contributed by atoms with Crippen molar-refractivity contribution >= 4 is 17.8 Å². The largest absolute Gasteiger partial charge is 0.354 e. The highest BCUT2D eigenvalue weighted by atomic mass is 16.2. The van der Waals surface area contributed by atoms with E-state index in [1.807, 2.05) is 34.6 Å². The number of hydrogen-bond acceptors (Lipinski definition) is 3. The summed E-state index contributed by atoms with van der Waals surface area (Å²) >= 11 is 0. The predicted octanol–water partition coefficient (Wildman–Crippen LogP) is 0.323. The van der Waals surface area contributed by atoms with E-state index in [2.05, 4.69) is 20.9 Å². The van der Waals surface area contributed by atoms with Crippen LogP contribution in [-0.2, 0) is 9.59 Å². The molecule has 0 aliphatic carbocycles. The van der Waals surface area contributed by atoms with Gasteiger partial charge in [0.1, 0.15) is 6.54 Å². The number of nitrogens with one attached hydrogen (secondary N) is 3. The molecule has 0 saturated heterocycles. The maximum atomic E-state index is 11.8. The van der Waals surface area contributed by atoms with Gasteiger partial charge in [-0.25, -0.2) is 4.99 Å². The number of hydrogen-bond donors (Lipinski definition) is 3. The fraction of sp³-hybridized carbons (Fsp3) is 0.800. The third kappa shape index (κ3) is 10.0. The monoisotopic (exact) mass is 313 g/mol. The molecule has 0 aromatic carbocycles. The summed E-state index contributed by atoms with van der Waals surface area (Å²) in [5.41, 5.74) is -0.286. The third-order valence-corrected chi connectivity index (χ3v) is 2.80. The molecular formula is C15H31N5O2. The molecule has 0 aromatic heterocycles. The number of rotatable bonds is 6. The molecule has 2 amide bonds. The number of nitrogens with zero attached hydrogens (tertiary/aromatic N) is 2. The highest BCUT2D eigenvalue weighted by Gasteiger charge is 2.14. The van der Waals surface area contributed by atoms with E-state index < -0.39 is 0 Å². The van der Waals surface area contributed by atoms with Crippen molar-refractivity contribution in [3.05, 3.63) is 0 Å². The number of likely N-dealkylation sites (N-methyl/N-ethyl adjacent to an activating group) is 1. The molecule has 7 heteroatoms. The zero-order chi connectivity index (χ0) is 17.3. The summed E-state index contributed by atoms with van der Waals surface area (Å²) in [4.78, 5) is 29.2. The van der Waals surface area contributed by atoms with Crippen molar-refractivity contribution in [1.82, 2.24) is 20.9 Å². The molecule has 7 nitrogen and oxygen atoms in total. The van der Waals surface area contributed by atoms with Gasteiger partial charge < -0.3 is 20.9 Å². The number of aliphatic imine (C=N–C) groups is 1. The minimum atomic E-state index is -0.286. The Morgan fingerprint density at radius 2 is 1.82 bits per heavy atom. The van der Waals surface area contributed by atoms with Gasteiger partial charge in [0.15, 0.2) is 5.96 Å². The van der Waals surface area contributed by atoms with Gasteiger partial charge in [-0.15, -0.1) is 0 Å². The van der Waals surface area contributed by atoms with Crippen molar-refractivity contribution in [2.45, 2.75) is 52.6 Å². The van der Waals surface area contributed by atoms with Crippen molar-refractivity contribution in [3.8, 4) is 0 Å². The lowest BCUT2D eigenvalue weighted by Gasteiger charge is -2.21. The summed E-state index contributed by atoms with van der Waals surface area (Å²) in [6.45, 7) is 9.96. The van der Waals surface area contributed by atoms with E-state index >= 15 is 0 Å². The molecule has 0 bridgehead atoms. The average molecular weight is 313 g/mol. The minimum absolute atomic E-state index is 0.0131. The fourth-order valence-corrected chi connectivity index (χ4v) is 1.41. The van der Waals surface area contributed by atoms with E-state index in [0.717, 1.165) is 6.42 Å². The van der Waals surface area contributed by atoms with Gasteiger partial charge in [-0.1, -0.05) is 6.92 Å². The van der Waals surface area contributed by atoms with Crippen LogP contribution in [-0.4, -0.2) is 61.4 Å². The number of amides is 2. The Balaban J connectivity index is 4.66. The number of carbonyl (C=O) groups excluding carboxylic acids is 2. The standard InChI is InChI=1S/C15H31N5O2/c1-8-11(2)18-14(17-10-13(22)20(6)7)16-9-12(21)19-15(3,4)5/h11H,8-10H2,1-7H3,(H,19,21)(H2,16,17,18). The molecule has 3 N–H and O–H groups in total. The second-order valence-corrected chi connectivity index (χ2v) is 6.56. The lowest BCUT2D eigenvalue weighted by Crippen LogP contribution is -2.47. The quantitative estimate of drug-likeness (QED) is 0.487. The van der Waals surface area contributed by atoms with Crippen LogP contribution in [0.3, 0.4) is 0 Å². The van der Waals surface area contributed by atoms with E-state index in [1.165, 1.54) is 4.90 Å². The van der Waals surface area contributed by atoms with E-state index in [1.54, 1.807) is 14.1 Å². The Kier molecular flexibility index (Phi) is 8.52. The average Bonchev–Trinajstić information content (AvgIpc) is 2.38. The van der Waals surface area contributed by atoms with Crippen LogP contribution in [0.1, 0.15) is 41.0 Å². The molecule has 0 heterocycles. The van der Waals surface area contributed by atoms with E-state index in [-0.39, 0.29) is 36.5 Å². The lowest BCUT2D eigenvalue weighted by molar-refractivity contribution is -0.127. The molecule has 0 aliphatic heterocycles. The zero-order valence-electron chi connectivity index (χ0n) is 14.9. The zero-order valence-corrected chi connectivity index (χ0v) is 14.9. The van der Waals surface area contributed by atoms with Gasteiger partial charge in [-0.05, 0) is 34.1 Å². The van der Waals surface area contributed by atoms with Crippen LogP contribution in [0.4, 0.5) is 0 Å². The molecule has 0 saturated carbocycles. The van der Waals surface area contributed by atoms with Crippen LogP contribution in [0.25, 0.3) is 0 Å². The number of guanidine groups is 1. The van der Waals surface area contributed by atoms with E-state index in [0.29, 0.717) is 5.96 Å². The van der Waals surface area contributed by atoms with E-state index in [4.69, 9.17) is 0 Å². The maximum Gasteiger partial charge on any atom is 0.242 e. The van der Waals surface area contributed by atoms with Crippen molar-refractivity contribution in [2.75, 3.05) is 27.2 Å². The van der Waals surface area contributed by atoms with Crippen LogP contribution in [0, 0.1) is 0 Å². The van der Waals surface area contributed by atoms with Crippen LogP contribution in [0.15, 0.2) is 4.99 Å². The highest BCUT2D eigenvalue weighted by Crippen LogP contribution is 1.97. The third-order valence-electron chi connectivity index (χ3n) is 2.80. The molecule has 1 atom stereocenters. The summed E-state index contributed by atoms with van der Waals surface area (Å²) in [7, 11) is 3.39. The summed E-state index contributed by atoms with van der Waals surface area (Å²) in [6.07, 6.45) is 0.913. The summed E-state index contributed by atoms with van der Waals surface area (Å²) in [5, 5.41) is 8.97. The fourth-order valence-electron chi connectivity index (χ4n) is 1.41. The Labute approximate surface area is 133 Å². The predicted molar refractivity (Wildman–Crippen MR) is 89.8 cm³/mol.